The maximum atomic E-state index is 13.0. The van der Waals surface area contributed by atoms with Crippen molar-refractivity contribution in [2.75, 3.05) is 5.32 Å². The van der Waals surface area contributed by atoms with Crippen LogP contribution in [0.25, 0.3) is 6.08 Å². The number of hydrogen-bond donors (Lipinski definition) is 1. The Bertz CT molecular complexity index is 844. The van der Waals surface area contributed by atoms with E-state index < -0.39 is 29.1 Å². The largest absolute Gasteiger partial charge is 0.418 e. The van der Waals surface area contributed by atoms with E-state index in [0.717, 1.165) is 19.1 Å². The number of nitrogens with one attached hydrogen (secondary N) is 1. The molecule has 130 valence electrons. The number of anilines is 1. The van der Waals surface area contributed by atoms with Crippen LogP contribution in [0, 0.1) is 0 Å². The standard InChI is InChI=1S/C18H13ClF3NO2/c1-11(24)14(10-12-5-4-6-13(19)9-12)17(25)23-16-8-3-2-7-15(16)18(20,21)22/h2-10H,1H3,(H,23,25)/b14-10+. The lowest BCUT2D eigenvalue weighted by atomic mass is 10.1. The van der Waals surface area contributed by atoms with E-state index in [9.17, 15) is 22.8 Å². The van der Waals surface area contributed by atoms with Crippen molar-refractivity contribution in [3.63, 3.8) is 0 Å². The molecule has 25 heavy (non-hydrogen) atoms. The molecule has 2 rings (SSSR count). The van der Waals surface area contributed by atoms with Gasteiger partial charge in [0.1, 0.15) is 0 Å². The van der Waals surface area contributed by atoms with Gasteiger partial charge in [-0.2, -0.15) is 13.2 Å². The van der Waals surface area contributed by atoms with Crippen LogP contribution in [-0.4, -0.2) is 11.7 Å². The molecule has 3 nitrogen and oxygen atoms in total. The van der Waals surface area contributed by atoms with Gasteiger partial charge in [0.2, 0.25) is 0 Å². The Hall–Kier alpha value is -2.60. The zero-order valence-corrected chi connectivity index (χ0v) is 13.8. The highest BCUT2D eigenvalue weighted by Crippen LogP contribution is 2.34. The second-order valence-corrected chi connectivity index (χ2v) is 5.60. The van der Waals surface area contributed by atoms with Crippen LogP contribution in [0.2, 0.25) is 5.02 Å². The van der Waals surface area contributed by atoms with Gasteiger partial charge in [-0.05, 0) is 42.8 Å². The summed E-state index contributed by atoms with van der Waals surface area (Å²) >= 11 is 5.85. The van der Waals surface area contributed by atoms with Gasteiger partial charge in [0.05, 0.1) is 16.8 Å². The maximum Gasteiger partial charge on any atom is 0.418 e. The zero-order valence-electron chi connectivity index (χ0n) is 13.0. The number of amides is 1. The molecule has 0 aromatic heterocycles. The van der Waals surface area contributed by atoms with Gasteiger partial charge in [0.15, 0.2) is 5.78 Å². The van der Waals surface area contributed by atoms with Gasteiger partial charge in [-0.1, -0.05) is 35.9 Å². The van der Waals surface area contributed by atoms with Crippen molar-refractivity contribution < 1.29 is 22.8 Å². The first-order chi connectivity index (χ1) is 11.7. The predicted molar refractivity (Wildman–Crippen MR) is 90.2 cm³/mol. The minimum absolute atomic E-state index is 0.278. The molecule has 1 N–H and O–H groups in total. The van der Waals surface area contributed by atoms with Crippen LogP contribution >= 0.6 is 11.6 Å². The van der Waals surface area contributed by atoms with Crippen molar-refractivity contribution in [3.05, 3.63) is 70.3 Å². The van der Waals surface area contributed by atoms with E-state index in [1.54, 1.807) is 18.2 Å². The Balaban J connectivity index is 2.36. The molecule has 7 heteroatoms. The lowest BCUT2D eigenvalue weighted by molar-refractivity contribution is -0.137. The van der Waals surface area contributed by atoms with Gasteiger partial charge >= 0.3 is 6.18 Å². The number of para-hydroxylation sites is 1. The van der Waals surface area contributed by atoms with Crippen LogP contribution in [0.15, 0.2) is 54.1 Å². The normalized spacial score (nSPS) is 12.0. The zero-order chi connectivity index (χ0) is 18.6. The van der Waals surface area contributed by atoms with Gasteiger partial charge in [-0.3, -0.25) is 9.59 Å². The summed E-state index contributed by atoms with van der Waals surface area (Å²) in [6, 6.07) is 10.9. The van der Waals surface area contributed by atoms with Crippen LogP contribution < -0.4 is 5.32 Å². The molecule has 0 fully saturated rings. The van der Waals surface area contributed by atoms with Crippen LogP contribution in [0.5, 0.6) is 0 Å². The highest BCUT2D eigenvalue weighted by Gasteiger charge is 2.33. The lowest BCUT2D eigenvalue weighted by Gasteiger charge is -2.14. The second kappa shape index (κ2) is 7.53. The van der Waals surface area contributed by atoms with E-state index in [1.807, 2.05) is 0 Å². The van der Waals surface area contributed by atoms with E-state index in [1.165, 1.54) is 24.3 Å². The summed E-state index contributed by atoms with van der Waals surface area (Å²) in [5.74, 6) is -1.51. The van der Waals surface area contributed by atoms with Crippen LogP contribution in [-0.2, 0) is 15.8 Å². The average Bonchev–Trinajstić information content (AvgIpc) is 2.51. The van der Waals surface area contributed by atoms with E-state index in [0.29, 0.717) is 10.6 Å². The van der Waals surface area contributed by atoms with E-state index in [4.69, 9.17) is 11.6 Å². The number of carbonyl (C=O) groups is 2. The topological polar surface area (TPSA) is 46.2 Å². The minimum atomic E-state index is -4.63. The first kappa shape index (κ1) is 18.7. The summed E-state index contributed by atoms with van der Waals surface area (Å²) < 4.78 is 39.0. The summed E-state index contributed by atoms with van der Waals surface area (Å²) in [5.41, 5.74) is -1.21. The third kappa shape index (κ3) is 4.93. The van der Waals surface area contributed by atoms with Crippen LogP contribution in [0.1, 0.15) is 18.1 Å². The summed E-state index contributed by atoms with van der Waals surface area (Å²) in [4.78, 5) is 24.1. The molecular formula is C18H13ClF3NO2. The van der Waals surface area contributed by atoms with Gasteiger partial charge < -0.3 is 5.32 Å². The highest BCUT2D eigenvalue weighted by molar-refractivity contribution is 6.31. The van der Waals surface area contributed by atoms with Gasteiger partial charge in [-0.15, -0.1) is 0 Å². The average molecular weight is 368 g/mol. The summed E-state index contributed by atoms with van der Waals surface area (Å²) in [6.07, 6.45) is -3.35. The smallest absolute Gasteiger partial charge is 0.321 e. The molecule has 2 aromatic rings. The maximum absolute atomic E-state index is 13.0. The minimum Gasteiger partial charge on any atom is -0.321 e. The molecule has 0 aliphatic heterocycles. The van der Waals surface area contributed by atoms with Gasteiger partial charge in [0.25, 0.3) is 5.91 Å². The number of rotatable bonds is 4. The highest BCUT2D eigenvalue weighted by atomic mass is 35.5. The Morgan fingerprint density at radius 2 is 1.76 bits per heavy atom. The molecule has 0 unspecified atom stereocenters. The van der Waals surface area contributed by atoms with Gasteiger partial charge in [0, 0.05) is 5.02 Å². The lowest BCUT2D eigenvalue weighted by Crippen LogP contribution is -2.21. The number of Topliss-reactive ketones (excluding diaryl/α,β-unsaturated/α-hetero) is 1. The Kier molecular flexibility index (Phi) is 5.64. The van der Waals surface area contributed by atoms with E-state index in [2.05, 4.69) is 5.32 Å². The molecular weight excluding hydrogens is 355 g/mol. The SMILES string of the molecule is CC(=O)/C(=C\c1cccc(Cl)c1)C(=O)Nc1ccccc1C(F)(F)F. The Morgan fingerprint density at radius 1 is 1.08 bits per heavy atom. The van der Waals surface area contributed by atoms with Gasteiger partial charge in [-0.25, -0.2) is 0 Å². The van der Waals surface area contributed by atoms with E-state index >= 15 is 0 Å². The van der Waals surface area contributed by atoms with Crippen LogP contribution in [0.3, 0.4) is 0 Å². The first-order valence-corrected chi connectivity index (χ1v) is 7.52. The molecule has 0 aliphatic rings. The van der Waals surface area contributed by atoms with Crippen molar-refractivity contribution in [2.45, 2.75) is 13.1 Å². The number of hydrogen-bond acceptors (Lipinski definition) is 2. The quantitative estimate of drug-likeness (QED) is 0.471. The molecule has 1 amide bonds. The number of carbonyl (C=O) groups excluding carboxylic acids is 2. The molecule has 0 bridgehead atoms. The number of ketones is 1. The molecule has 0 saturated heterocycles. The fraction of sp³-hybridized carbons (Fsp3) is 0.111. The van der Waals surface area contributed by atoms with Crippen molar-refractivity contribution in [1.29, 1.82) is 0 Å². The number of benzene rings is 2. The van der Waals surface area contributed by atoms with Crippen molar-refractivity contribution in [1.82, 2.24) is 0 Å². The second-order valence-electron chi connectivity index (χ2n) is 5.17. The third-order valence-corrected chi connectivity index (χ3v) is 3.50. The fourth-order valence-electron chi connectivity index (χ4n) is 2.12. The van der Waals surface area contributed by atoms with Crippen molar-refractivity contribution >= 4 is 35.1 Å². The predicted octanol–water partition coefficient (Wildman–Crippen LogP) is 4.97. The molecule has 0 saturated carbocycles. The molecule has 0 atom stereocenters. The summed E-state index contributed by atoms with van der Waals surface area (Å²) in [5, 5.41) is 2.55. The Labute approximate surface area is 147 Å². The number of halogens is 4. The van der Waals surface area contributed by atoms with E-state index in [-0.39, 0.29) is 5.57 Å². The summed E-state index contributed by atoms with van der Waals surface area (Å²) in [6.45, 7) is 1.16. The third-order valence-electron chi connectivity index (χ3n) is 3.26. The molecule has 0 spiro atoms. The molecule has 0 aliphatic carbocycles. The molecule has 0 heterocycles. The Morgan fingerprint density at radius 3 is 2.36 bits per heavy atom. The van der Waals surface area contributed by atoms with Crippen molar-refractivity contribution in [2.24, 2.45) is 0 Å². The number of alkyl halides is 3. The molecule has 2 aromatic carbocycles. The summed E-state index contributed by atoms with van der Waals surface area (Å²) in [7, 11) is 0. The first-order valence-electron chi connectivity index (χ1n) is 7.14. The fourth-order valence-corrected chi connectivity index (χ4v) is 2.32. The molecule has 0 radical (unpaired) electrons. The van der Waals surface area contributed by atoms with Crippen molar-refractivity contribution in [3.8, 4) is 0 Å². The van der Waals surface area contributed by atoms with Crippen LogP contribution in [0.4, 0.5) is 18.9 Å². The monoisotopic (exact) mass is 367 g/mol.